The van der Waals surface area contributed by atoms with Crippen LogP contribution in [0, 0.1) is 0 Å². The number of halogens is 1. The molecule has 0 aromatic heterocycles. The van der Waals surface area contributed by atoms with Gasteiger partial charge < -0.3 is 9.64 Å². The van der Waals surface area contributed by atoms with E-state index in [4.69, 9.17) is 4.74 Å². The van der Waals surface area contributed by atoms with Gasteiger partial charge in [0.1, 0.15) is 6.61 Å². The van der Waals surface area contributed by atoms with Crippen LogP contribution in [-0.2, 0) is 9.53 Å². The number of nitrogens with zero attached hydrogens (tertiary/aromatic N) is 1. The summed E-state index contributed by atoms with van der Waals surface area (Å²) in [6.07, 6.45) is 0. The van der Waals surface area contributed by atoms with Gasteiger partial charge in [-0.2, -0.15) is 0 Å². The van der Waals surface area contributed by atoms with Crippen molar-refractivity contribution < 1.29 is 9.53 Å². The highest BCUT2D eigenvalue weighted by Gasteiger charge is 2.01. The number of hydrogen-bond acceptors (Lipinski definition) is 3. The lowest BCUT2D eigenvalue weighted by Gasteiger charge is -2.09. The SMILES string of the molecule is C=C(C)C(=O)OCCN(C)C.CCBr. The predicted octanol–water partition coefficient (Wildman–Crippen LogP) is 2.07. The summed E-state index contributed by atoms with van der Waals surface area (Å²) >= 11 is 3.15. The summed E-state index contributed by atoms with van der Waals surface area (Å²) in [7, 11) is 3.85. The number of carbonyl (C=O) groups is 1. The molecule has 4 heteroatoms. The standard InChI is InChI=1S/C8H15NO2.C2H5Br/c1-7(2)8(10)11-6-5-9(3)4;1-2-3/h1,5-6H2,2-4H3;2H2,1H3. The largest absolute Gasteiger partial charge is 0.461 e. The van der Waals surface area contributed by atoms with Crippen molar-refractivity contribution in [2.24, 2.45) is 0 Å². The highest BCUT2D eigenvalue weighted by Crippen LogP contribution is 1.91. The van der Waals surface area contributed by atoms with Gasteiger partial charge in [-0.25, -0.2) is 4.79 Å². The van der Waals surface area contributed by atoms with Crippen molar-refractivity contribution in [1.29, 1.82) is 0 Å². The zero-order chi connectivity index (χ0) is 11.6. The zero-order valence-electron chi connectivity index (χ0n) is 9.47. The molecule has 0 fully saturated rings. The van der Waals surface area contributed by atoms with Crippen LogP contribution < -0.4 is 0 Å². The molecule has 0 bridgehead atoms. The lowest BCUT2D eigenvalue weighted by molar-refractivity contribution is -0.139. The first kappa shape index (κ1) is 16.1. The lowest BCUT2D eigenvalue weighted by Crippen LogP contribution is -2.20. The minimum Gasteiger partial charge on any atom is -0.461 e. The summed E-state index contributed by atoms with van der Waals surface area (Å²) < 4.78 is 4.83. The van der Waals surface area contributed by atoms with Crippen molar-refractivity contribution >= 4 is 21.9 Å². The maximum atomic E-state index is 10.8. The number of ether oxygens (including phenoxy) is 1. The second-order valence-corrected chi connectivity index (χ2v) is 4.11. The Bertz CT molecular complexity index is 170. The van der Waals surface area contributed by atoms with Crippen molar-refractivity contribution in [3.8, 4) is 0 Å². The van der Waals surface area contributed by atoms with E-state index < -0.39 is 0 Å². The summed E-state index contributed by atoms with van der Waals surface area (Å²) in [5.41, 5.74) is 0.448. The van der Waals surface area contributed by atoms with Crippen LogP contribution in [0.1, 0.15) is 13.8 Å². The van der Waals surface area contributed by atoms with Gasteiger partial charge in [0.25, 0.3) is 0 Å². The molecule has 0 radical (unpaired) electrons. The second kappa shape index (κ2) is 10.7. The van der Waals surface area contributed by atoms with Crippen LogP contribution >= 0.6 is 15.9 Å². The number of esters is 1. The van der Waals surface area contributed by atoms with Crippen molar-refractivity contribution in [2.45, 2.75) is 13.8 Å². The van der Waals surface area contributed by atoms with Crippen LogP contribution in [-0.4, -0.2) is 43.4 Å². The van der Waals surface area contributed by atoms with Gasteiger partial charge in [-0.15, -0.1) is 0 Å². The minimum absolute atomic E-state index is 0.313. The molecular weight excluding hydrogens is 246 g/mol. The molecule has 14 heavy (non-hydrogen) atoms. The molecule has 0 amide bonds. The Hall–Kier alpha value is -0.350. The van der Waals surface area contributed by atoms with Gasteiger partial charge in [0.15, 0.2) is 0 Å². The first-order valence-electron chi connectivity index (χ1n) is 4.49. The van der Waals surface area contributed by atoms with E-state index >= 15 is 0 Å². The molecule has 0 aromatic carbocycles. The fourth-order valence-corrected chi connectivity index (χ4v) is 0.444. The van der Waals surface area contributed by atoms with Crippen molar-refractivity contribution in [3.05, 3.63) is 12.2 Å². The Kier molecular flexibility index (Phi) is 12.3. The van der Waals surface area contributed by atoms with Crippen molar-refractivity contribution in [1.82, 2.24) is 4.90 Å². The van der Waals surface area contributed by atoms with Gasteiger partial charge in [0.2, 0.25) is 0 Å². The quantitative estimate of drug-likeness (QED) is 0.443. The molecule has 0 aliphatic heterocycles. The monoisotopic (exact) mass is 265 g/mol. The molecule has 0 rings (SSSR count). The summed E-state index contributed by atoms with van der Waals surface area (Å²) in [6.45, 7) is 8.32. The molecule has 0 aliphatic carbocycles. The van der Waals surface area contributed by atoms with Gasteiger partial charge >= 0.3 is 5.97 Å². The Balaban J connectivity index is 0. The van der Waals surface area contributed by atoms with Crippen LogP contribution in [0.15, 0.2) is 12.2 Å². The van der Waals surface area contributed by atoms with E-state index in [9.17, 15) is 4.79 Å². The van der Waals surface area contributed by atoms with Crippen LogP contribution in [0.25, 0.3) is 0 Å². The molecular formula is C10H20BrNO2. The van der Waals surface area contributed by atoms with E-state index in [2.05, 4.69) is 22.5 Å². The molecule has 0 saturated heterocycles. The molecule has 0 aliphatic rings. The first-order chi connectivity index (χ1) is 6.45. The maximum Gasteiger partial charge on any atom is 0.333 e. The highest BCUT2D eigenvalue weighted by atomic mass is 79.9. The van der Waals surface area contributed by atoms with Crippen LogP contribution in [0.5, 0.6) is 0 Å². The molecule has 0 unspecified atom stereocenters. The fraction of sp³-hybridized carbons (Fsp3) is 0.700. The van der Waals surface area contributed by atoms with Crippen LogP contribution in [0.3, 0.4) is 0 Å². The summed E-state index contributed by atoms with van der Waals surface area (Å²) in [5, 5.41) is 1.06. The highest BCUT2D eigenvalue weighted by molar-refractivity contribution is 9.09. The molecule has 0 atom stereocenters. The third-order valence-corrected chi connectivity index (χ3v) is 1.12. The van der Waals surface area contributed by atoms with E-state index in [0.29, 0.717) is 12.2 Å². The minimum atomic E-state index is -0.313. The van der Waals surface area contributed by atoms with Gasteiger partial charge in [0, 0.05) is 17.4 Å². The summed E-state index contributed by atoms with van der Waals surface area (Å²) in [4.78, 5) is 12.7. The predicted molar refractivity (Wildman–Crippen MR) is 63.8 cm³/mol. The topological polar surface area (TPSA) is 29.5 Å². The third kappa shape index (κ3) is 14.2. The molecule has 0 aromatic rings. The number of rotatable bonds is 4. The van der Waals surface area contributed by atoms with Crippen molar-refractivity contribution in [2.75, 3.05) is 32.6 Å². The molecule has 0 N–H and O–H groups in total. The maximum absolute atomic E-state index is 10.8. The average molecular weight is 266 g/mol. The van der Waals surface area contributed by atoms with E-state index in [-0.39, 0.29) is 5.97 Å². The first-order valence-corrected chi connectivity index (χ1v) is 5.61. The van der Waals surface area contributed by atoms with Gasteiger partial charge in [-0.05, 0) is 21.0 Å². The normalized spacial score (nSPS) is 9.00. The Morgan fingerprint density at radius 1 is 1.50 bits per heavy atom. The molecule has 3 nitrogen and oxygen atoms in total. The van der Waals surface area contributed by atoms with E-state index in [1.807, 2.05) is 25.9 Å². The van der Waals surface area contributed by atoms with Crippen LogP contribution in [0.4, 0.5) is 0 Å². The van der Waals surface area contributed by atoms with E-state index in [1.165, 1.54) is 0 Å². The van der Waals surface area contributed by atoms with Gasteiger partial charge in [-0.1, -0.05) is 29.4 Å². The molecule has 0 saturated carbocycles. The Morgan fingerprint density at radius 2 is 1.93 bits per heavy atom. The average Bonchev–Trinajstić information content (AvgIpc) is 2.04. The summed E-state index contributed by atoms with van der Waals surface area (Å²) in [5.74, 6) is -0.313. The summed E-state index contributed by atoms with van der Waals surface area (Å²) in [6, 6.07) is 0. The molecule has 0 heterocycles. The zero-order valence-corrected chi connectivity index (χ0v) is 11.1. The lowest BCUT2D eigenvalue weighted by atomic mass is 10.4. The number of alkyl halides is 1. The van der Waals surface area contributed by atoms with E-state index in [0.717, 1.165) is 11.9 Å². The van der Waals surface area contributed by atoms with Crippen LogP contribution in [0.2, 0.25) is 0 Å². The molecule has 0 spiro atoms. The van der Waals surface area contributed by atoms with Crippen molar-refractivity contribution in [3.63, 3.8) is 0 Å². The number of hydrogen-bond donors (Lipinski definition) is 0. The second-order valence-electron chi connectivity index (χ2n) is 2.99. The smallest absolute Gasteiger partial charge is 0.333 e. The molecule has 84 valence electrons. The van der Waals surface area contributed by atoms with Gasteiger partial charge in [-0.3, -0.25) is 0 Å². The third-order valence-electron chi connectivity index (χ3n) is 1.12. The Labute approximate surface area is 95.2 Å². The number of likely N-dealkylation sites (N-methyl/N-ethyl adjacent to an activating group) is 1. The van der Waals surface area contributed by atoms with Gasteiger partial charge in [0.05, 0.1) is 0 Å². The van der Waals surface area contributed by atoms with E-state index in [1.54, 1.807) is 6.92 Å². The number of carbonyl (C=O) groups excluding carboxylic acids is 1. The fourth-order valence-electron chi connectivity index (χ4n) is 0.444. The Morgan fingerprint density at radius 3 is 2.21 bits per heavy atom.